The quantitative estimate of drug-likeness (QED) is 0.243. The number of hydrogen-bond donors (Lipinski definition) is 0. The van der Waals surface area contributed by atoms with E-state index in [1.165, 1.54) is 7.11 Å². The first-order chi connectivity index (χ1) is 15.2. The Kier molecular flexibility index (Phi) is 8.04. The summed E-state index contributed by atoms with van der Waals surface area (Å²) in [6.07, 6.45) is 4.30. The van der Waals surface area contributed by atoms with Crippen LogP contribution in [0.1, 0.15) is 32.1 Å². The number of aromatic nitrogens is 2. The molecule has 1 aromatic heterocycles. The van der Waals surface area contributed by atoms with Crippen LogP contribution >= 0.6 is 0 Å². The van der Waals surface area contributed by atoms with Crippen LogP contribution in [0.15, 0.2) is 42.5 Å². The summed E-state index contributed by atoms with van der Waals surface area (Å²) in [5.41, 5.74) is 2.73. The van der Waals surface area contributed by atoms with Crippen LogP contribution in [0.3, 0.4) is 0 Å². The first kappa shape index (κ1) is 22.3. The summed E-state index contributed by atoms with van der Waals surface area (Å²) in [6, 6.07) is 13.5. The second-order valence-corrected chi connectivity index (χ2v) is 7.16. The van der Waals surface area contributed by atoms with Crippen molar-refractivity contribution in [2.45, 2.75) is 38.6 Å². The number of nitrogens with zero attached hydrogens (tertiary/aromatic N) is 2. The molecule has 164 valence electrons. The van der Waals surface area contributed by atoms with E-state index in [4.69, 9.17) is 14.5 Å². The van der Waals surface area contributed by atoms with Crippen LogP contribution in [0.5, 0.6) is 11.5 Å². The zero-order valence-electron chi connectivity index (χ0n) is 18.0. The summed E-state index contributed by atoms with van der Waals surface area (Å²) in [6.45, 7) is 1.11. The number of unbranched alkanes of at least 4 members (excludes halogenated alkanes) is 2. The summed E-state index contributed by atoms with van der Waals surface area (Å²) in [7, 11) is 3.04. The van der Waals surface area contributed by atoms with Gasteiger partial charge in [-0.1, -0.05) is 0 Å². The first-order valence-corrected chi connectivity index (χ1v) is 10.4. The van der Waals surface area contributed by atoms with E-state index in [2.05, 4.69) is 9.30 Å². The molecule has 31 heavy (non-hydrogen) atoms. The second kappa shape index (κ2) is 11.2. The van der Waals surface area contributed by atoms with Gasteiger partial charge in [0.1, 0.15) is 23.6 Å². The molecular formula is C24H28N2O5. The van der Waals surface area contributed by atoms with Crippen molar-refractivity contribution in [1.82, 2.24) is 9.55 Å². The van der Waals surface area contributed by atoms with E-state index in [0.717, 1.165) is 59.5 Å². The molecule has 0 unspecified atom stereocenters. The normalized spacial score (nSPS) is 10.8. The Morgan fingerprint density at radius 2 is 1.81 bits per heavy atom. The Morgan fingerprint density at radius 1 is 1.03 bits per heavy atom. The average molecular weight is 424 g/mol. The monoisotopic (exact) mass is 424 g/mol. The van der Waals surface area contributed by atoms with Gasteiger partial charge in [-0.15, -0.1) is 0 Å². The molecule has 0 atom stereocenters. The van der Waals surface area contributed by atoms with Gasteiger partial charge in [-0.05, 0) is 55.7 Å². The molecule has 0 amide bonds. The van der Waals surface area contributed by atoms with Crippen molar-refractivity contribution in [1.29, 1.82) is 0 Å². The number of aldehydes is 1. The van der Waals surface area contributed by atoms with Crippen molar-refractivity contribution in [2.24, 2.45) is 0 Å². The van der Waals surface area contributed by atoms with Gasteiger partial charge in [-0.2, -0.15) is 0 Å². The maximum atomic E-state index is 11.1. The molecular weight excluding hydrogens is 396 g/mol. The number of fused-ring (bicyclic) bond motifs is 1. The first-order valence-electron chi connectivity index (χ1n) is 10.4. The Hall–Kier alpha value is -3.35. The van der Waals surface area contributed by atoms with Crippen LogP contribution in [0.25, 0.3) is 22.4 Å². The minimum Gasteiger partial charge on any atom is -0.497 e. The van der Waals surface area contributed by atoms with E-state index >= 15 is 0 Å². The van der Waals surface area contributed by atoms with Crippen molar-refractivity contribution in [3.8, 4) is 22.9 Å². The zero-order chi connectivity index (χ0) is 22.1. The fraction of sp³-hybridized carbons (Fsp3) is 0.375. The lowest BCUT2D eigenvalue weighted by Gasteiger charge is -2.10. The number of carbonyl (C=O) groups is 2. The summed E-state index contributed by atoms with van der Waals surface area (Å²) >= 11 is 0. The molecule has 7 heteroatoms. The van der Waals surface area contributed by atoms with Gasteiger partial charge in [0.25, 0.3) is 0 Å². The van der Waals surface area contributed by atoms with Gasteiger partial charge in [0.15, 0.2) is 0 Å². The topological polar surface area (TPSA) is 79.7 Å². The molecule has 0 aliphatic rings. The average Bonchev–Trinajstić information content (AvgIpc) is 3.17. The van der Waals surface area contributed by atoms with Gasteiger partial charge in [-0.25, -0.2) is 4.98 Å². The third-order valence-electron chi connectivity index (χ3n) is 5.06. The molecule has 0 spiro atoms. The molecule has 0 aliphatic carbocycles. The standard InChI is InChI=1S/C24H28N2O5/c1-29-19-10-8-18(9-11-19)24-25-21-13-12-20(17-22(21)26(24)14-6-15-27)31-16-5-3-4-7-23(28)30-2/h8-13,15,17H,3-7,14,16H2,1-2H3. The molecule has 0 fully saturated rings. The molecule has 0 bridgehead atoms. The van der Waals surface area contributed by atoms with Crippen molar-refractivity contribution in [2.75, 3.05) is 20.8 Å². The van der Waals surface area contributed by atoms with Crippen LogP contribution < -0.4 is 9.47 Å². The highest BCUT2D eigenvalue weighted by molar-refractivity contribution is 5.82. The van der Waals surface area contributed by atoms with Crippen molar-refractivity contribution in [3.05, 3.63) is 42.5 Å². The summed E-state index contributed by atoms with van der Waals surface area (Å²) in [5.74, 6) is 2.16. The highest BCUT2D eigenvalue weighted by Crippen LogP contribution is 2.29. The van der Waals surface area contributed by atoms with E-state index in [-0.39, 0.29) is 5.97 Å². The van der Waals surface area contributed by atoms with Crippen LogP contribution in [-0.4, -0.2) is 42.6 Å². The van der Waals surface area contributed by atoms with Crippen LogP contribution in [0.2, 0.25) is 0 Å². The lowest BCUT2D eigenvalue weighted by atomic mass is 10.2. The minimum absolute atomic E-state index is 0.178. The molecule has 1 heterocycles. The molecule has 3 aromatic rings. The largest absolute Gasteiger partial charge is 0.497 e. The van der Waals surface area contributed by atoms with Crippen molar-refractivity contribution in [3.63, 3.8) is 0 Å². The lowest BCUT2D eigenvalue weighted by Crippen LogP contribution is -2.02. The van der Waals surface area contributed by atoms with Crippen molar-refractivity contribution < 1.29 is 23.8 Å². The second-order valence-electron chi connectivity index (χ2n) is 7.16. The maximum absolute atomic E-state index is 11.1. The smallest absolute Gasteiger partial charge is 0.305 e. The molecule has 0 radical (unpaired) electrons. The van der Waals surface area contributed by atoms with Gasteiger partial charge in [-0.3, -0.25) is 4.79 Å². The van der Waals surface area contributed by atoms with Gasteiger partial charge >= 0.3 is 5.97 Å². The van der Waals surface area contributed by atoms with Crippen molar-refractivity contribution >= 4 is 23.3 Å². The number of methoxy groups -OCH3 is 2. The minimum atomic E-state index is -0.178. The molecule has 7 nitrogen and oxygen atoms in total. The lowest BCUT2D eigenvalue weighted by molar-refractivity contribution is -0.140. The highest BCUT2D eigenvalue weighted by atomic mass is 16.5. The van der Waals surface area contributed by atoms with Crippen LogP contribution in [0.4, 0.5) is 0 Å². The number of carbonyl (C=O) groups excluding carboxylic acids is 2. The fourth-order valence-electron chi connectivity index (χ4n) is 3.40. The number of imidazole rings is 1. The molecule has 0 saturated carbocycles. The molecule has 0 saturated heterocycles. The number of esters is 1. The summed E-state index contributed by atoms with van der Waals surface area (Å²) < 4.78 is 17.8. The van der Waals surface area contributed by atoms with E-state index in [9.17, 15) is 9.59 Å². The van der Waals surface area contributed by atoms with E-state index in [0.29, 0.717) is 26.0 Å². The zero-order valence-corrected chi connectivity index (χ0v) is 18.0. The third kappa shape index (κ3) is 5.84. The maximum Gasteiger partial charge on any atom is 0.305 e. The van der Waals surface area contributed by atoms with Crippen LogP contribution in [-0.2, 0) is 20.9 Å². The number of ether oxygens (including phenoxy) is 3. The molecule has 2 aromatic carbocycles. The predicted octanol–water partition coefficient (Wildman–Crippen LogP) is 4.41. The Morgan fingerprint density at radius 3 is 2.52 bits per heavy atom. The van der Waals surface area contributed by atoms with E-state index < -0.39 is 0 Å². The molecule has 3 rings (SSSR count). The third-order valence-corrected chi connectivity index (χ3v) is 5.06. The Bertz CT molecular complexity index is 1010. The fourth-order valence-corrected chi connectivity index (χ4v) is 3.40. The SMILES string of the molecule is COC(=O)CCCCCOc1ccc2nc(-c3ccc(OC)cc3)n(CCC=O)c2c1. The van der Waals surface area contributed by atoms with Gasteiger partial charge in [0.05, 0.1) is 31.9 Å². The summed E-state index contributed by atoms with van der Waals surface area (Å²) in [5, 5.41) is 0. The Balaban J connectivity index is 1.74. The van der Waals surface area contributed by atoms with Gasteiger partial charge in [0.2, 0.25) is 0 Å². The van der Waals surface area contributed by atoms with E-state index in [1.54, 1.807) is 7.11 Å². The van der Waals surface area contributed by atoms with Gasteiger partial charge in [0, 0.05) is 31.0 Å². The number of hydrogen-bond acceptors (Lipinski definition) is 6. The highest BCUT2D eigenvalue weighted by Gasteiger charge is 2.14. The van der Waals surface area contributed by atoms with Gasteiger partial charge < -0.3 is 23.6 Å². The van der Waals surface area contributed by atoms with Crippen LogP contribution in [0, 0.1) is 0 Å². The summed E-state index contributed by atoms with van der Waals surface area (Å²) in [4.78, 5) is 26.9. The number of benzene rings is 2. The Labute approximate surface area is 181 Å². The predicted molar refractivity (Wildman–Crippen MR) is 118 cm³/mol. The molecule has 0 N–H and O–H groups in total. The number of aryl methyl sites for hydroxylation is 1. The number of rotatable bonds is 12. The van der Waals surface area contributed by atoms with E-state index in [1.807, 2.05) is 42.5 Å². The molecule has 0 aliphatic heterocycles.